The van der Waals surface area contributed by atoms with E-state index in [2.05, 4.69) is 0 Å². The van der Waals surface area contributed by atoms with Crippen molar-refractivity contribution in [1.82, 2.24) is 0 Å². The fourth-order valence-electron chi connectivity index (χ4n) is 2.10. The molecule has 0 amide bonds. The largest absolute Gasteiger partial charge is 0.394 e. The molecule has 14 heavy (non-hydrogen) atoms. The second-order valence-electron chi connectivity index (χ2n) is 4.20. The maximum Gasteiger partial charge on any atom is 0.126 e. The summed E-state index contributed by atoms with van der Waals surface area (Å²) in [5, 5.41) is 9.13. The normalized spacial score (nSPS) is 25.1. The minimum atomic E-state index is -0.657. The van der Waals surface area contributed by atoms with Crippen molar-refractivity contribution in [3.05, 3.63) is 34.6 Å². The van der Waals surface area contributed by atoms with Gasteiger partial charge in [0.2, 0.25) is 0 Å². The van der Waals surface area contributed by atoms with Crippen molar-refractivity contribution in [3.8, 4) is 0 Å². The summed E-state index contributed by atoms with van der Waals surface area (Å²) in [6.07, 6.45) is 1.01. The molecular formula is C11H14FNO. The number of aryl methyl sites for hydroxylation is 1. The third-order valence-corrected chi connectivity index (χ3v) is 2.98. The first-order chi connectivity index (χ1) is 6.56. The Morgan fingerprint density at radius 3 is 2.64 bits per heavy atom. The van der Waals surface area contributed by atoms with Crippen molar-refractivity contribution >= 4 is 0 Å². The zero-order chi connectivity index (χ0) is 10.3. The molecule has 0 bridgehead atoms. The van der Waals surface area contributed by atoms with Crippen LogP contribution in [0.25, 0.3) is 0 Å². The molecule has 1 unspecified atom stereocenters. The molecule has 0 radical (unpaired) electrons. The molecule has 0 saturated heterocycles. The number of benzene rings is 1. The quantitative estimate of drug-likeness (QED) is 0.700. The zero-order valence-corrected chi connectivity index (χ0v) is 8.18. The summed E-state index contributed by atoms with van der Waals surface area (Å²) < 4.78 is 13.4. The van der Waals surface area contributed by atoms with Crippen LogP contribution in [0.4, 0.5) is 4.39 Å². The van der Waals surface area contributed by atoms with Crippen molar-refractivity contribution in [2.45, 2.75) is 25.3 Å². The molecule has 0 heterocycles. The van der Waals surface area contributed by atoms with Gasteiger partial charge in [0.05, 0.1) is 6.61 Å². The highest BCUT2D eigenvalue weighted by atomic mass is 19.1. The summed E-state index contributed by atoms with van der Waals surface area (Å²) in [4.78, 5) is 0. The van der Waals surface area contributed by atoms with Crippen LogP contribution in [0.3, 0.4) is 0 Å². The predicted molar refractivity (Wildman–Crippen MR) is 52.5 cm³/mol. The average molecular weight is 195 g/mol. The molecule has 1 aliphatic rings. The lowest BCUT2D eigenvalue weighted by molar-refractivity contribution is 0.202. The van der Waals surface area contributed by atoms with Crippen molar-refractivity contribution in [3.63, 3.8) is 0 Å². The van der Waals surface area contributed by atoms with E-state index >= 15 is 0 Å². The number of hydrogen-bond acceptors (Lipinski definition) is 2. The minimum Gasteiger partial charge on any atom is -0.394 e. The van der Waals surface area contributed by atoms with Gasteiger partial charge in [-0.15, -0.1) is 0 Å². The number of aliphatic hydroxyl groups excluding tert-OH is 1. The van der Waals surface area contributed by atoms with Gasteiger partial charge >= 0.3 is 0 Å². The number of nitrogens with two attached hydrogens (primary N) is 1. The van der Waals surface area contributed by atoms with E-state index in [0.29, 0.717) is 18.4 Å². The summed E-state index contributed by atoms with van der Waals surface area (Å²) >= 11 is 0. The molecular weight excluding hydrogens is 181 g/mol. The van der Waals surface area contributed by atoms with Gasteiger partial charge in [-0.05, 0) is 42.5 Å². The van der Waals surface area contributed by atoms with E-state index in [9.17, 15) is 4.39 Å². The smallest absolute Gasteiger partial charge is 0.126 e. The molecule has 1 atom stereocenters. The van der Waals surface area contributed by atoms with Crippen LogP contribution in [0.15, 0.2) is 12.1 Å². The topological polar surface area (TPSA) is 46.2 Å². The number of hydrogen-bond donors (Lipinski definition) is 2. The number of aliphatic hydroxyl groups is 1. The molecule has 0 aliphatic heterocycles. The summed E-state index contributed by atoms with van der Waals surface area (Å²) in [5.41, 5.74) is 7.99. The maximum atomic E-state index is 13.4. The molecule has 1 aromatic carbocycles. The number of fused-ring (bicyclic) bond motifs is 1. The van der Waals surface area contributed by atoms with Crippen LogP contribution >= 0.6 is 0 Å². The molecule has 2 rings (SSSR count). The predicted octanol–water partition coefficient (Wildman–Crippen LogP) is 0.923. The first-order valence-electron chi connectivity index (χ1n) is 4.72. The Morgan fingerprint density at radius 1 is 1.43 bits per heavy atom. The Labute approximate surface area is 82.5 Å². The number of rotatable bonds is 1. The summed E-state index contributed by atoms with van der Waals surface area (Å²) in [6, 6.07) is 3.23. The fraction of sp³-hybridized carbons (Fsp3) is 0.455. The van der Waals surface area contributed by atoms with Gasteiger partial charge in [-0.1, -0.05) is 6.07 Å². The van der Waals surface area contributed by atoms with Gasteiger partial charge in [-0.25, -0.2) is 4.39 Å². The standard InChI is InChI=1S/C11H14FNO/c1-7-2-3-10(12)9-5-11(13,6-14)4-8(7)9/h2-3,14H,4-6,13H2,1H3. The molecule has 0 spiro atoms. The summed E-state index contributed by atoms with van der Waals surface area (Å²) in [7, 11) is 0. The Bertz CT molecular complexity index is 345. The van der Waals surface area contributed by atoms with Crippen LogP contribution in [-0.4, -0.2) is 17.3 Å². The van der Waals surface area contributed by atoms with Crippen molar-refractivity contribution in [2.75, 3.05) is 6.61 Å². The molecule has 0 aromatic heterocycles. The van der Waals surface area contributed by atoms with Crippen LogP contribution in [0.1, 0.15) is 16.7 Å². The van der Waals surface area contributed by atoms with Gasteiger partial charge in [0.15, 0.2) is 0 Å². The lowest BCUT2D eigenvalue weighted by Gasteiger charge is -2.19. The van der Waals surface area contributed by atoms with E-state index < -0.39 is 5.54 Å². The maximum absolute atomic E-state index is 13.4. The van der Waals surface area contributed by atoms with Gasteiger partial charge < -0.3 is 10.8 Å². The molecule has 0 fully saturated rings. The van der Waals surface area contributed by atoms with Crippen LogP contribution < -0.4 is 5.73 Å². The fourth-order valence-corrected chi connectivity index (χ4v) is 2.10. The molecule has 1 aromatic rings. The van der Waals surface area contributed by atoms with Crippen molar-refractivity contribution < 1.29 is 9.50 Å². The zero-order valence-electron chi connectivity index (χ0n) is 8.18. The number of halogens is 1. The highest BCUT2D eigenvalue weighted by Crippen LogP contribution is 2.32. The Balaban J connectivity index is 2.48. The molecule has 1 aliphatic carbocycles. The van der Waals surface area contributed by atoms with Crippen LogP contribution in [-0.2, 0) is 12.8 Å². The van der Waals surface area contributed by atoms with Gasteiger partial charge in [0, 0.05) is 5.54 Å². The van der Waals surface area contributed by atoms with E-state index in [1.165, 1.54) is 6.07 Å². The van der Waals surface area contributed by atoms with E-state index in [1.54, 1.807) is 6.07 Å². The van der Waals surface area contributed by atoms with E-state index in [0.717, 1.165) is 11.1 Å². The second kappa shape index (κ2) is 3.04. The van der Waals surface area contributed by atoms with E-state index in [-0.39, 0.29) is 12.4 Å². The lowest BCUT2D eigenvalue weighted by atomic mass is 9.98. The van der Waals surface area contributed by atoms with Crippen LogP contribution in [0, 0.1) is 12.7 Å². The molecule has 76 valence electrons. The third kappa shape index (κ3) is 1.33. The highest BCUT2D eigenvalue weighted by molar-refractivity contribution is 5.42. The molecule has 2 nitrogen and oxygen atoms in total. The first-order valence-corrected chi connectivity index (χ1v) is 4.72. The van der Waals surface area contributed by atoms with Crippen molar-refractivity contribution in [2.24, 2.45) is 5.73 Å². The van der Waals surface area contributed by atoms with Crippen LogP contribution in [0.2, 0.25) is 0 Å². The van der Waals surface area contributed by atoms with Gasteiger partial charge in [-0.2, -0.15) is 0 Å². The lowest BCUT2D eigenvalue weighted by Crippen LogP contribution is -2.44. The van der Waals surface area contributed by atoms with E-state index in [1.807, 2.05) is 6.92 Å². The monoisotopic (exact) mass is 195 g/mol. The minimum absolute atomic E-state index is 0.0967. The van der Waals surface area contributed by atoms with Gasteiger partial charge in [-0.3, -0.25) is 0 Å². The average Bonchev–Trinajstić information content (AvgIpc) is 2.52. The molecule has 0 saturated carbocycles. The van der Waals surface area contributed by atoms with Gasteiger partial charge in [0.25, 0.3) is 0 Å². The Hall–Kier alpha value is -0.930. The molecule has 3 heteroatoms. The van der Waals surface area contributed by atoms with E-state index in [4.69, 9.17) is 10.8 Å². The Kier molecular flexibility index (Phi) is 2.09. The van der Waals surface area contributed by atoms with Crippen molar-refractivity contribution in [1.29, 1.82) is 0 Å². The van der Waals surface area contributed by atoms with Gasteiger partial charge in [0.1, 0.15) is 5.82 Å². The van der Waals surface area contributed by atoms with Crippen LogP contribution in [0.5, 0.6) is 0 Å². The SMILES string of the molecule is Cc1ccc(F)c2c1CC(N)(CO)C2. The highest BCUT2D eigenvalue weighted by Gasteiger charge is 2.35. The third-order valence-electron chi connectivity index (χ3n) is 2.98. The molecule has 3 N–H and O–H groups in total. The Morgan fingerprint density at radius 2 is 2.07 bits per heavy atom. The summed E-state index contributed by atoms with van der Waals surface area (Å²) in [6.45, 7) is 1.85. The second-order valence-corrected chi connectivity index (χ2v) is 4.20. The first kappa shape index (κ1) is 9.62. The summed E-state index contributed by atoms with van der Waals surface area (Å²) in [5.74, 6) is -0.202.